The number of ether oxygens (including phenoxy) is 3. The summed E-state index contributed by atoms with van der Waals surface area (Å²) >= 11 is 0. The molecule has 2 aromatic carbocycles. The summed E-state index contributed by atoms with van der Waals surface area (Å²) in [5.74, 6) is -0.137. The average molecular weight is 430 g/mol. The fourth-order valence-corrected chi connectivity index (χ4v) is 2.99. The van der Waals surface area contributed by atoms with Crippen LogP contribution in [0.4, 0.5) is 0 Å². The molecule has 2 rings (SSSR count). The van der Waals surface area contributed by atoms with Crippen molar-refractivity contribution in [1.29, 1.82) is 0 Å². The summed E-state index contributed by atoms with van der Waals surface area (Å²) in [6, 6.07) is 7.58. The van der Waals surface area contributed by atoms with Crippen molar-refractivity contribution >= 4 is 11.8 Å². The zero-order chi connectivity index (χ0) is 23.3. The Kier molecular flexibility index (Phi) is 7.55. The number of phenolic OH excluding ortho intramolecular Hbond substituents is 1. The molecule has 31 heavy (non-hydrogen) atoms. The maximum absolute atomic E-state index is 12.5. The molecule has 0 aliphatic heterocycles. The Bertz CT molecular complexity index is 957. The molecule has 2 N–H and O–H groups in total. The van der Waals surface area contributed by atoms with E-state index in [4.69, 9.17) is 19.3 Å². The summed E-state index contributed by atoms with van der Waals surface area (Å²) in [5.41, 5.74) is 0.647. The summed E-state index contributed by atoms with van der Waals surface area (Å²) in [6.45, 7) is 9.48. The third kappa shape index (κ3) is 6.38. The van der Waals surface area contributed by atoms with Crippen molar-refractivity contribution in [1.82, 2.24) is 0 Å². The van der Waals surface area contributed by atoms with E-state index in [1.807, 2.05) is 20.8 Å². The first-order valence-corrected chi connectivity index (χ1v) is 9.99. The maximum Gasteiger partial charge on any atom is 0.335 e. The van der Waals surface area contributed by atoms with Crippen molar-refractivity contribution in [3.63, 3.8) is 0 Å². The van der Waals surface area contributed by atoms with Crippen molar-refractivity contribution in [2.24, 2.45) is 5.41 Å². The van der Waals surface area contributed by atoms with Gasteiger partial charge in [-0.3, -0.25) is 4.79 Å². The number of carboxylic acids is 1. The average Bonchev–Trinajstić information content (AvgIpc) is 2.68. The van der Waals surface area contributed by atoms with Gasteiger partial charge in [-0.2, -0.15) is 0 Å². The molecule has 0 amide bonds. The predicted octanol–water partition coefficient (Wildman–Crippen LogP) is 4.87. The van der Waals surface area contributed by atoms with Crippen LogP contribution in [0.5, 0.6) is 23.0 Å². The number of Topliss-reactive ketones (excluding diaryl/α,β-unsaturated/α-hetero) is 1. The predicted molar refractivity (Wildman–Crippen MR) is 117 cm³/mol. The molecular weight excluding hydrogens is 400 g/mol. The number of aromatic hydroxyl groups is 1. The highest BCUT2D eigenvalue weighted by atomic mass is 16.5. The molecule has 0 aliphatic carbocycles. The monoisotopic (exact) mass is 430 g/mol. The highest BCUT2D eigenvalue weighted by Gasteiger charge is 2.22. The lowest BCUT2D eigenvalue weighted by molar-refractivity contribution is 0.0695. The van der Waals surface area contributed by atoms with E-state index in [0.29, 0.717) is 29.2 Å². The first-order valence-electron chi connectivity index (χ1n) is 9.99. The first-order chi connectivity index (χ1) is 14.4. The van der Waals surface area contributed by atoms with E-state index < -0.39 is 12.1 Å². The molecule has 168 valence electrons. The molecule has 0 heterocycles. The van der Waals surface area contributed by atoms with Crippen LogP contribution < -0.4 is 14.2 Å². The minimum absolute atomic E-state index is 0.0839. The van der Waals surface area contributed by atoms with Gasteiger partial charge in [0.15, 0.2) is 17.3 Å². The second kappa shape index (κ2) is 9.73. The van der Waals surface area contributed by atoms with Gasteiger partial charge >= 0.3 is 5.97 Å². The van der Waals surface area contributed by atoms with Crippen LogP contribution in [0.3, 0.4) is 0 Å². The van der Waals surface area contributed by atoms with Gasteiger partial charge in [-0.15, -0.1) is 0 Å². The minimum atomic E-state index is -1.07. The molecule has 0 unspecified atom stereocenters. The molecule has 0 radical (unpaired) electrons. The van der Waals surface area contributed by atoms with Gasteiger partial charge in [0.25, 0.3) is 0 Å². The van der Waals surface area contributed by atoms with Crippen LogP contribution in [0, 0.1) is 12.3 Å². The van der Waals surface area contributed by atoms with Crippen molar-refractivity contribution < 1.29 is 34.0 Å². The lowest BCUT2D eigenvalue weighted by Crippen LogP contribution is -2.22. The molecule has 0 spiro atoms. The number of phenols is 1. The van der Waals surface area contributed by atoms with Crippen LogP contribution in [0.15, 0.2) is 30.3 Å². The fraction of sp³-hybridized carbons (Fsp3) is 0.417. The zero-order valence-corrected chi connectivity index (χ0v) is 18.8. The van der Waals surface area contributed by atoms with Gasteiger partial charge in [0, 0.05) is 12.0 Å². The summed E-state index contributed by atoms with van der Waals surface area (Å²) in [5, 5.41) is 19.7. The van der Waals surface area contributed by atoms with Crippen molar-refractivity contribution in [3.8, 4) is 23.0 Å². The second-order valence-electron chi connectivity index (χ2n) is 8.66. The molecule has 1 atom stereocenters. The number of carbonyl (C=O) groups excluding carboxylic acids is 1. The number of ketones is 1. The normalized spacial score (nSPS) is 12.2. The van der Waals surface area contributed by atoms with E-state index in [2.05, 4.69) is 0 Å². The van der Waals surface area contributed by atoms with E-state index in [1.165, 1.54) is 25.3 Å². The molecule has 0 aromatic heterocycles. The quantitative estimate of drug-likeness (QED) is 0.547. The number of aromatic carboxylic acids is 1. The number of benzene rings is 2. The Hall–Kier alpha value is -3.22. The number of hydrogen-bond donors (Lipinski definition) is 2. The Morgan fingerprint density at radius 2 is 1.71 bits per heavy atom. The molecule has 2 aromatic rings. The molecule has 7 nitrogen and oxygen atoms in total. The van der Waals surface area contributed by atoms with Gasteiger partial charge in [-0.05, 0) is 49.6 Å². The Labute approximate surface area is 182 Å². The lowest BCUT2D eigenvalue weighted by atomic mass is 9.87. The van der Waals surface area contributed by atoms with Crippen LogP contribution in [-0.4, -0.2) is 41.8 Å². The molecule has 0 aliphatic rings. The lowest BCUT2D eigenvalue weighted by Gasteiger charge is -2.20. The minimum Gasteiger partial charge on any atom is -0.507 e. The zero-order valence-electron chi connectivity index (χ0n) is 18.8. The Balaban J connectivity index is 2.10. The largest absolute Gasteiger partial charge is 0.507 e. The topological polar surface area (TPSA) is 102 Å². The van der Waals surface area contributed by atoms with E-state index in [9.17, 15) is 14.7 Å². The first kappa shape index (κ1) is 24.1. The van der Waals surface area contributed by atoms with Gasteiger partial charge in [0.2, 0.25) is 0 Å². The van der Waals surface area contributed by atoms with Crippen LogP contribution in [0.2, 0.25) is 0 Å². The summed E-state index contributed by atoms with van der Waals surface area (Å²) in [7, 11) is 1.47. The summed E-state index contributed by atoms with van der Waals surface area (Å²) < 4.78 is 16.8. The molecule has 0 bridgehead atoms. The van der Waals surface area contributed by atoms with E-state index in [0.717, 1.165) is 0 Å². The third-order valence-electron chi connectivity index (χ3n) is 4.58. The number of carboxylic acid groups (broad SMARTS) is 1. The van der Waals surface area contributed by atoms with Gasteiger partial charge < -0.3 is 24.4 Å². The summed E-state index contributed by atoms with van der Waals surface area (Å²) in [4.78, 5) is 23.7. The van der Waals surface area contributed by atoms with Crippen LogP contribution in [0.25, 0.3) is 0 Å². The highest BCUT2D eigenvalue weighted by Crippen LogP contribution is 2.34. The highest BCUT2D eigenvalue weighted by molar-refractivity contribution is 5.99. The standard InChI is InChI=1S/C24H30O7/c1-14(13-30-21-11-16(23(27)28)7-9-20(21)29-6)31-19-10-8-17(22(26)15(19)2)18(25)12-24(3,4)5/h7-11,14,26H,12-13H2,1-6H3,(H,27,28)/t14-/m1/s1. The molecule has 0 fully saturated rings. The number of carbonyl (C=O) groups is 2. The number of methoxy groups -OCH3 is 1. The van der Waals surface area contributed by atoms with Crippen LogP contribution >= 0.6 is 0 Å². The van der Waals surface area contributed by atoms with Crippen molar-refractivity contribution in [2.45, 2.75) is 47.1 Å². The van der Waals surface area contributed by atoms with Gasteiger partial charge in [0.05, 0.1) is 18.2 Å². The van der Waals surface area contributed by atoms with Gasteiger partial charge in [0.1, 0.15) is 24.2 Å². The summed E-state index contributed by atoms with van der Waals surface area (Å²) in [6.07, 6.45) is -0.103. The van der Waals surface area contributed by atoms with Gasteiger partial charge in [-0.1, -0.05) is 20.8 Å². The molecule has 7 heteroatoms. The SMILES string of the molecule is COc1ccc(C(=O)O)cc1OC[C@@H](C)Oc1ccc(C(=O)CC(C)(C)C)c(O)c1C. The van der Waals surface area contributed by atoms with Crippen LogP contribution in [-0.2, 0) is 0 Å². The van der Waals surface area contributed by atoms with Crippen molar-refractivity contribution in [2.75, 3.05) is 13.7 Å². The van der Waals surface area contributed by atoms with E-state index >= 15 is 0 Å². The number of rotatable bonds is 9. The maximum atomic E-state index is 12.5. The molecular formula is C24H30O7. The molecule has 0 saturated heterocycles. The number of hydrogen-bond acceptors (Lipinski definition) is 6. The fourth-order valence-electron chi connectivity index (χ4n) is 2.99. The molecule has 0 saturated carbocycles. The second-order valence-corrected chi connectivity index (χ2v) is 8.66. The van der Waals surface area contributed by atoms with E-state index in [-0.39, 0.29) is 34.7 Å². The van der Waals surface area contributed by atoms with Crippen molar-refractivity contribution in [3.05, 3.63) is 47.0 Å². The van der Waals surface area contributed by atoms with E-state index in [1.54, 1.807) is 26.0 Å². The van der Waals surface area contributed by atoms with Gasteiger partial charge in [-0.25, -0.2) is 4.79 Å². The smallest absolute Gasteiger partial charge is 0.335 e. The Morgan fingerprint density at radius 3 is 2.29 bits per heavy atom. The Morgan fingerprint density at radius 1 is 1.06 bits per heavy atom. The third-order valence-corrected chi connectivity index (χ3v) is 4.58. The van der Waals surface area contributed by atoms with Crippen LogP contribution in [0.1, 0.15) is 60.4 Å².